The van der Waals surface area contributed by atoms with Gasteiger partial charge in [-0.15, -0.1) is 0 Å². The predicted octanol–water partition coefficient (Wildman–Crippen LogP) is 2.53. The molecule has 2 N–H and O–H groups in total. The molecule has 0 fully saturated rings. The second-order valence-electron chi connectivity index (χ2n) is 7.06. The maximum atomic E-state index is 12.6. The summed E-state index contributed by atoms with van der Waals surface area (Å²) in [5.74, 6) is -0.436. The summed E-state index contributed by atoms with van der Waals surface area (Å²) in [4.78, 5) is 27.2. The monoisotopic (exact) mass is 377 g/mol. The number of rotatable bonds is 4. The third-order valence-electron chi connectivity index (χ3n) is 5.28. The smallest absolute Gasteiger partial charge is 0.338 e. The lowest BCUT2D eigenvalue weighted by Gasteiger charge is -2.34. The average molecular weight is 377 g/mol. The Morgan fingerprint density at radius 3 is 2.57 bits per heavy atom. The van der Waals surface area contributed by atoms with Gasteiger partial charge in [0.2, 0.25) is 0 Å². The van der Waals surface area contributed by atoms with Gasteiger partial charge < -0.3 is 15.4 Å². The Balaban J connectivity index is 1.66. The number of amides is 2. The molecule has 0 spiro atoms. The van der Waals surface area contributed by atoms with Crippen LogP contribution in [0.4, 0.5) is 4.79 Å². The van der Waals surface area contributed by atoms with E-state index in [9.17, 15) is 9.59 Å². The summed E-state index contributed by atoms with van der Waals surface area (Å²) in [5, 5.41) is 5.69. The van der Waals surface area contributed by atoms with Crippen molar-refractivity contribution in [3.8, 4) is 0 Å². The van der Waals surface area contributed by atoms with Gasteiger partial charge in [0.1, 0.15) is 0 Å². The van der Waals surface area contributed by atoms with Gasteiger partial charge in [0.05, 0.1) is 18.7 Å². The van der Waals surface area contributed by atoms with Crippen LogP contribution in [-0.2, 0) is 22.5 Å². The van der Waals surface area contributed by atoms with Gasteiger partial charge in [-0.3, -0.25) is 4.90 Å². The highest BCUT2D eigenvalue weighted by Gasteiger charge is 2.34. The molecule has 2 amide bonds. The molecule has 0 bridgehead atoms. The largest absolute Gasteiger partial charge is 0.466 e. The fraction of sp³-hybridized carbons (Fsp3) is 0.273. The highest BCUT2D eigenvalue weighted by molar-refractivity contribution is 5.95. The van der Waals surface area contributed by atoms with Crippen molar-refractivity contribution in [1.82, 2.24) is 15.5 Å². The Hall–Kier alpha value is -3.12. The molecule has 144 valence electrons. The second-order valence-corrected chi connectivity index (χ2v) is 7.06. The maximum absolute atomic E-state index is 12.6. The van der Waals surface area contributed by atoms with Crippen LogP contribution in [0.15, 0.2) is 65.9 Å². The van der Waals surface area contributed by atoms with E-state index in [1.54, 1.807) is 0 Å². The lowest BCUT2D eigenvalue weighted by molar-refractivity contribution is -0.136. The van der Waals surface area contributed by atoms with Gasteiger partial charge in [0.25, 0.3) is 0 Å². The fourth-order valence-electron chi connectivity index (χ4n) is 3.90. The lowest BCUT2D eigenvalue weighted by atomic mass is 9.94. The highest BCUT2D eigenvalue weighted by atomic mass is 16.5. The number of carbonyl (C=O) groups is 2. The molecule has 4 rings (SSSR count). The third kappa shape index (κ3) is 3.64. The minimum Gasteiger partial charge on any atom is -0.466 e. The van der Waals surface area contributed by atoms with Crippen LogP contribution in [0.25, 0.3) is 0 Å². The molecule has 2 aliphatic rings. The Morgan fingerprint density at radius 2 is 1.82 bits per heavy atom. The van der Waals surface area contributed by atoms with Crippen LogP contribution in [-0.4, -0.2) is 37.1 Å². The number of nitrogens with one attached hydrogen (secondary N) is 2. The first kappa shape index (κ1) is 18.3. The topological polar surface area (TPSA) is 70.7 Å². The van der Waals surface area contributed by atoms with Crippen molar-refractivity contribution in [1.29, 1.82) is 0 Å². The van der Waals surface area contributed by atoms with Crippen molar-refractivity contribution in [2.45, 2.75) is 19.0 Å². The van der Waals surface area contributed by atoms with Crippen molar-refractivity contribution in [2.24, 2.45) is 0 Å². The van der Waals surface area contributed by atoms with Crippen LogP contribution in [0.2, 0.25) is 0 Å². The molecule has 0 aromatic heterocycles. The van der Waals surface area contributed by atoms with Gasteiger partial charge in [-0.25, -0.2) is 9.59 Å². The van der Waals surface area contributed by atoms with Crippen LogP contribution < -0.4 is 10.6 Å². The summed E-state index contributed by atoms with van der Waals surface area (Å²) in [6.45, 7) is 2.14. The second kappa shape index (κ2) is 7.86. The van der Waals surface area contributed by atoms with Crippen LogP contribution in [0.1, 0.15) is 22.7 Å². The highest BCUT2D eigenvalue weighted by Crippen LogP contribution is 2.29. The summed E-state index contributed by atoms with van der Waals surface area (Å²) in [5.41, 5.74) is 4.54. The number of fused-ring (bicyclic) bond motifs is 1. The molecule has 0 saturated heterocycles. The number of nitrogens with zero attached hydrogens (tertiary/aromatic N) is 1. The molecular weight excluding hydrogens is 354 g/mol. The van der Waals surface area contributed by atoms with Crippen molar-refractivity contribution < 1.29 is 14.3 Å². The van der Waals surface area contributed by atoms with Crippen LogP contribution in [0.3, 0.4) is 0 Å². The Labute approximate surface area is 164 Å². The number of urea groups is 1. The number of hydrogen-bond acceptors (Lipinski definition) is 4. The lowest BCUT2D eigenvalue weighted by Crippen LogP contribution is -2.48. The average Bonchev–Trinajstić information content (AvgIpc) is 2.73. The standard InChI is InChI=1S/C22H23N3O3/c1-28-21(26)19-18(14-25-12-11-15-7-5-6-10-17(15)13-25)23-22(27)24-20(19)16-8-3-2-4-9-16/h2-10,20H,11-14H2,1H3,(H2,23,24,27). The summed E-state index contributed by atoms with van der Waals surface area (Å²) < 4.78 is 5.05. The molecular formula is C22H23N3O3. The summed E-state index contributed by atoms with van der Waals surface area (Å²) in [6.07, 6.45) is 0.950. The Kier molecular flexibility index (Phi) is 5.12. The van der Waals surface area contributed by atoms with Gasteiger partial charge in [0, 0.05) is 25.3 Å². The molecule has 28 heavy (non-hydrogen) atoms. The zero-order valence-electron chi connectivity index (χ0n) is 15.8. The summed E-state index contributed by atoms with van der Waals surface area (Å²) >= 11 is 0. The van der Waals surface area contributed by atoms with E-state index in [1.165, 1.54) is 18.2 Å². The Morgan fingerprint density at radius 1 is 1.11 bits per heavy atom. The van der Waals surface area contributed by atoms with E-state index in [-0.39, 0.29) is 6.03 Å². The molecule has 0 radical (unpaired) electrons. The zero-order valence-corrected chi connectivity index (χ0v) is 15.8. The minimum absolute atomic E-state index is 0.311. The first-order chi connectivity index (χ1) is 13.7. The zero-order chi connectivity index (χ0) is 19.5. The van der Waals surface area contributed by atoms with Gasteiger partial charge in [-0.2, -0.15) is 0 Å². The van der Waals surface area contributed by atoms with Crippen molar-refractivity contribution in [2.75, 3.05) is 20.2 Å². The number of carbonyl (C=O) groups excluding carboxylic acids is 2. The van der Waals surface area contributed by atoms with Crippen LogP contribution in [0, 0.1) is 0 Å². The van der Waals surface area contributed by atoms with Crippen LogP contribution >= 0.6 is 0 Å². The van der Waals surface area contributed by atoms with E-state index in [4.69, 9.17) is 4.74 Å². The molecule has 0 saturated carbocycles. The van der Waals surface area contributed by atoms with Gasteiger partial charge in [-0.1, -0.05) is 54.6 Å². The van der Waals surface area contributed by atoms with E-state index >= 15 is 0 Å². The van der Waals surface area contributed by atoms with Gasteiger partial charge >= 0.3 is 12.0 Å². The number of ether oxygens (including phenoxy) is 1. The molecule has 2 heterocycles. The maximum Gasteiger partial charge on any atom is 0.338 e. The predicted molar refractivity (Wildman–Crippen MR) is 105 cm³/mol. The molecule has 1 atom stereocenters. The first-order valence-electron chi connectivity index (χ1n) is 9.38. The fourth-order valence-corrected chi connectivity index (χ4v) is 3.90. The van der Waals surface area contributed by atoms with Gasteiger partial charge in [0.15, 0.2) is 0 Å². The van der Waals surface area contributed by atoms with E-state index in [0.717, 1.165) is 25.1 Å². The molecule has 2 aliphatic heterocycles. The van der Waals surface area contributed by atoms with E-state index in [1.807, 2.05) is 36.4 Å². The molecule has 6 nitrogen and oxygen atoms in total. The normalized spacial score (nSPS) is 19.5. The molecule has 0 aliphatic carbocycles. The van der Waals surface area contributed by atoms with Gasteiger partial charge in [-0.05, 0) is 23.1 Å². The van der Waals surface area contributed by atoms with Crippen molar-refractivity contribution in [3.63, 3.8) is 0 Å². The summed E-state index contributed by atoms with van der Waals surface area (Å²) in [6, 6.07) is 17.0. The first-order valence-corrected chi connectivity index (χ1v) is 9.38. The van der Waals surface area contributed by atoms with E-state index in [2.05, 4.69) is 33.7 Å². The van der Waals surface area contributed by atoms with E-state index < -0.39 is 12.0 Å². The van der Waals surface area contributed by atoms with E-state index in [0.29, 0.717) is 17.8 Å². The van der Waals surface area contributed by atoms with Crippen molar-refractivity contribution in [3.05, 3.63) is 82.6 Å². The third-order valence-corrected chi connectivity index (χ3v) is 5.28. The number of methoxy groups -OCH3 is 1. The molecule has 1 unspecified atom stereocenters. The SMILES string of the molecule is COC(=O)C1=C(CN2CCc3ccccc3C2)NC(=O)NC1c1ccccc1. The van der Waals surface area contributed by atoms with Crippen molar-refractivity contribution >= 4 is 12.0 Å². The molecule has 2 aromatic rings. The summed E-state index contributed by atoms with van der Waals surface area (Å²) in [7, 11) is 1.36. The quantitative estimate of drug-likeness (QED) is 0.804. The molecule has 2 aromatic carbocycles. The number of hydrogen-bond donors (Lipinski definition) is 2. The number of benzene rings is 2. The Bertz CT molecular complexity index is 924. The molecule has 6 heteroatoms. The number of esters is 1. The van der Waals surface area contributed by atoms with Crippen LogP contribution in [0.5, 0.6) is 0 Å². The minimum atomic E-state index is -0.533.